The molecule has 1 aromatic rings. The van der Waals surface area contributed by atoms with Crippen LogP contribution in [0.25, 0.3) is 0 Å². The maximum Gasteiger partial charge on any atom is 0.410 e. The number of carbonyl (C=O) groups is 1. The quantitative estimate of drug-likeness (QED) is 0.888. The Morgan fingerprint density at radius 3 is 2.54 bits per heavy atom. The molecule has 0 aromatic heterocycles. The van der Waals surface area contributed by atoms with Gasteiger partial charge in [-0.15, -0.1) is 0 Å². The first kappa shape index (κ1) is 18.7. The molecule has 1 aromatic carbocycles. The van der Waals surface area contributed by atoms with E-state index in [0.717, 1.165) is 18.4 Å². The monoisotopic (exact) mass is 334 g/mol. The second-order valence-corrected chi connectivity index (χ2v) is 7.73. The van der Waals surface area contributed by atoms with Crippen LogP contribution < -0.4 is 5.73 Å². The molecule has 0 aliphatic carbocycles. The molecule has 2 rings (SSSR count). The molecule has 1 fully saturated rings. The third kappa shape index (κ3) is 4.71. The van der Waals surface area contributed by atoms with Crippen molar-refractivity contribution in [2.24, 2.45) is 5.73 Å². The number of aliphatic hydroxyl groups is 1. The highest BCUT2D eigenvalue weighted by molar-refractivity contribution is 5.69. The molecule has 4 atom stereocenters. The third-order valence-corrected chi connectivity index (χ3v) is 4.46. The average Bonchev–Trinajstić information content (AvgIpc) is 2.87. The van der Waals surface area contributed by atoms with E-state index in [1.807, 2.05) is 58.0 Å². The number of hydrogen-bond donors (Lipinski definition) is 2. The number of hydrogen-bond acceptors (Lipinski definition) is 4. The van der Waals surface area contributed by atoms with E-state index in [1.54, 1.807) is 4.90 Å². The number of carbonyl (C=O) groups excluding carboxylic acids is 1. The summed E-state index contributed by atoms with van der Waals surface area (Å²) in [6, 6.07) is 9.18. The van der Waals surface area contributed by atoms with Crippen LogP contribution in [0.4, 0.5) is 4.79 Å². The molecular weight excluding hydrogens is 304 g/mol. The van der Waals surface area contributed by atoms with Crippen LogP contribution >= 0.6 is 0 Å². The van der Waals surface area contributed by atoms with Crippen molar-refractivity contribution in [2.75, 3.05) is 0 Å². The second-order valence-electron chi connectivity index (χ2n) is 7.73. The van der Waals surface area contributed by atoms with Gasteiger partial charge < -0.3 is 15.6 Å². The largest absolute Gasteiger partial charge is 0.444 e. The maximum atomic E-state index is 12.5. The lowest BCUT2D eigenvalue weighted by Gasteiger charge is -2.35. The smallest absolute Gasteiger partial charge is 0.410 e. The van der Waals surface area contributed by atoms with Gasteiger partial charge in [0.15, 0.2) is 0 Å². The van der Waals surface area contributed by atoms with Gasteiger partial charge in [-0.2, -0.15) is 0 Å². The van der Waals surface area contributed by atoms with Gasteiger partial charge in [0.1, 0.15) is 5.60 Å². The summed E-state index contributed by atoms with van der Waals surface area (Å²) >= 11 is 0. The molecule has 1 heterocycles. The van der Waals surface area contributed by atoms with Gasteiger partial charge in [-0.25, -0.2) is 4.79 Å². The van der Waals surface area contributed by atoms with E-state index < -0.39 is 17.7 Å². The number of benzene rings is 1. The van der Waals surface area contributed by atoms with Crippen LogP contribution in [-0.2, 0) is 11.2 Å². The molecule has 1 amide bonds. The number of nitrogens with two attached hydrogens (primary N) is 1. The lowest BCUT2D eigenvalue weighted by molar-refractivity contribution is -0.00687. The summed E-state index contributed by atoms with van der Waals surface area (Å²) in [5.74, 6) is 0. The summed E-state index contributed by atoms with van der Waals surface area (Å²) in [7, 11) is 0. The Kier molecular flexibility index (Phi) is 5.88. The Balaban J connectivity index is 2.06. The SMILES string of the molecule is C[C@@H]1CC[C@H]([C@@H](O)[C@@H](N)Cc2ccccc2)N1C(=O)OC(C)(C)C. The first-order valence-corrected chi connectivity index (χ1v) is 8.68. The van der Waals surface area contributed by atoms with Gasteiger partial charge in [-0.1, -0.05) is 30.3 Å². The molecule has 0 radical (unpaired) electrons. The number of aliphatic hydroxyl groups excluding tert-OH is 1. The zero-order chi connectivity index (χ0) is 17.9. The average molecular weight is 334 g/mol. The maximum absolute atomic E-state index is 12.5. The van der Waals surface area contributed by atoms with Crippen molar-refractivity contribution in [3.63, 3.8) is 0 Å². The van der Waals surface area contributed by atoms with Crippen LogP contribution in [0.15, 0.2) is 30.3 Å². The molecular formula is C19H30N2O3. The number of likely N-dealkylation sites (tertiary alicyclic amines) is 1. The molecule has 5 heteroatoms. The van der Waals surface area contributed by atoms with Gasteiger partial charge in [-0.3, -0.25) is 4.90 Å². The molecule has 24 heavy (non-hydrogen) atoms. The third-order valence-electron chi connectivity index (χ3n) is 4.46. The highest BCUT2D eigenvalue weighted by Crippen LogP contribution is 2.29. The van der Waals surface area contributed by atoms with Crippen molar-refractivity contribution in [1.82, 2.24) is 4.90 Å². The minimum absolute atomic E-state index is 0.0448. The lowest BCUT2D eigenvalue weighted by Crippen LogP contribution is -2.53. The zero-order valence-corrected chi connectivity index (χ0v) is 15.1. The zero-order valence-electron chi connectivity index (χ0n) is 15.1. The van der Waals surface area contributed by atoms with Gasteiger partial charge in [0, 0.05) is 12.1 Å². The molecule has 0 bridgehead atoms. The van der Waals surface area contributed by atoms with E-state index in [9.17, 15) is 9.90 Å². The fraction of sp³-hybridized carbons (Fsp3) is 0.632. The predicted molar refractivity (Wildman–Crippen MR) is 94.7 cm³/mol. The Hall–Kier alpha value is -1.59. The highest BCUT2D eigenvalue weighted by Gasteiger charge is 2.42. The number of amides is 1. The lowest BCUT2D eigenvalue weighted by atomic mass is 9.96. The van der Waals surface area contributed by atoms with E-state index >= 15 is 0 Å². The molecule has 3 N–H and O–H groups in total. The number of nitrogens with zero attached hydrogens (tertiary/aromatic N) is 1. The number of ether oxygens (including phenoxy) is 1. The molecule has 1 aliphatic heterocycles. The van der Waals surface area contributed by atoms with Crippen LogP contribution in [0.5, 0.6) is 0 Å². The minimum Gasteiger partial charge on any atom is -0.444 e. The molecule has 134 valence electrons. The van der Waals surface area contributed by atoms with Gasteiger partial charge in [0.05, 0.1) is 12.1 Å². The Morgan fingerprint density at radius 1 is 1.33 bits per heavy atom. The van der Waals surface area contributed by atoms with E-state index in [4.69, 9.17) is 10.5 Å². The Morgan fingerprint density at radius 2 is 1.96 bits per heavy atom. The molecule has 5 nitrogen and oxygen atoms in total. The van der Waals surface area contributed by atoms with E-state index in [-0.39, 0.29) is 18.2 Å². The first-order chi connectivity index (χ1) is 11.2. The molecule has 0 spiro atoms. The summed E-state index contributed by atoms with van der Waals surface area (Å²) in [6.45, 7) is 7.52. The van der Waals surface area contributed by atoms with Crippen LogP contribution in [-0.4, -0.2) is 45.9 Å². The fourth-order valence-corrected chi connectivity index (χ4v) is 3.27. The van der Waals surface area contributed by atoms with Crippen molar-refractivity contribution in [3.8, 4) is 0 Å². The fourth-order valence-electron chi connectivity index (χ4n) is 3.27. The van der Waals surface area contributed by atoms with E-state index in [0.29, 0.717) is 6.42 Å². The van der Waals surface area contributed by atoms with Crippen molar-refractivity contribution in [1.29, 1.82) is 0 Å². The summed E-state index contributed by atoms with van der Waals surface area (Å²) in [4.78, 5) is 14.2. The van der Waals surface area contributed by atoms with Gasteiger partial charge in [-0.05, 0) is 52.5 Å². The Labute approximate surface area is 144 Å². The Bertz CT molecular complexity index is 541. The molecule has 1 saturated heterocycles. The van der Waals surface area contributed by atoms with Crippen LogP contribution in [0.2, 0.25) is 0 Å². The van der Waals surface area contributed by atoms with Crippen molar-refractivity contribution in [2.45, 2.75) is 76.8 Å². The highest BCUT2D eigenvalue weighted by atomic mass is 16.6. The summed E-state index contributed by atoms with van der Waals surface area (Å²) in [6.07, 6.45) is 1.02. The van der Waals surface area contributed by atoms with Crippen molar-refractivity contribution < 1.29 is 14.6 Å². The predicted octanol–water partition coefficient (Wildman–Crippen LogP) is 2.71. The van der Waals surface area contributed by atoms with Gasteiger partial charge in [0.25, 0.3) is 0 Å². The first-order valence-electron chi connectivity index (χ1n) is 8.68. The number of rotatable bonds is 4. The van der Waals surface area contributed by atoms with Crippen molar-refractivity contribution in [3.05, 3.63) is 35.9 Å². The van der Waals surface area contributed by atoms with Crippen molar-refractivity contribution >= 4 is 6.09 Å². The second kappa shape index (κ2) is 7.53. The summed E-state index contributed by atoms with van der Waals surface area (Å²) in [5.41, 5.74) is 6.76. The van der Waals surface area contributed by atoms with E-state index in [2.05, 4.69) is 0 Å². The molecule has 0 saturated carbocycles. The molecule has 1 aliphatic rings. The minimum atomic E-state index is -0.775. The normalized spacial score (nSPS) is 23.8. The summed E-state index contributed by atoms with van der Waals surface area (Å²) in [5, 5.41) is 10.7. The molecule has 0 unspecified atom stereocenters. The van der Waals surface area contributed by atoms with Gasteiger partial charge in [0.2, 0.25) is 0 Å². The van der Waals surface area contributed by atoms with Crippen LogP contribution in [0.3, 0.4) is 0 Å². The topological polar surface area (TPSA) is 75.8 Å². The van der Waals surface area contributed by atoms with Gasteiger partial charge >= 0.3 is 6.09 Å². The van der Waals surface area contributed by atoms with E-state index in [1.165, 1.54) is 0 Å². The standard InChI is InChI=1S/C19H30N2O3/c1-13-10-11-16(21(13)18(23)24-19(2,3)4)17(22)15(20)12-14-8-6-5-7-9-14/h5-9,13,15-17,22H,10-12,20H2,1-4H3/t13-,15+,16-,17+/m1/s1. The van der Waals surface area contributed by atoms with Crippen LogP contribution in [0, 0.1) is 0 Å². The summed E-state index contributed by atoms with van der Waals surface area (Å²) < 4.78 is 5.51. The van der Waals surface area contributed by atoms with Crippen LogP contribution in [0.1, 0.15) is 46.1 Å².